The van der Waals surface area contributed by atoms with Crippen LogP contribution in [-0.4, -0.2) is 50.2 Å². The van der Waals surface area contributed by atoms with Crippen LogP contribution in [0.4, 0.5) is 0 Å². The molecule has 0 unspecified atom stereocenters. The molecular formula is C14H19Cl2N2O2-. The first-order valence-corrected chi connectivity index (χ1v) is 6.98. The van der Waals surface area contributed by atoms with Crippen molar-refractivity contribution in [2.24, 2.45) is 0 Å². The Morgan fingerprint density at radius 3 is 2.70 bits per heavy atom. The van der Waals surface area contributed by atoms with Crippen LogP contribution in [0.1, 0.15) is 16.8 Å². The highest BCUT2D eigenvalue weighted by Gasteiger charge is 2.11. The Morgan fingerprint density at radius 1 is 1.30 bits per heavy atom. The summed E-state index contributed by atoms with van der Waals surface area (Å²) in [6.45, 7) is 5.25. The van der Waals surface area contributed by atoms with Crippen LogP contribution < -0.4 is 17.7 Å². The van der Waals surface area contributed by atoms with Gasteiger partial charge in [0.15, 0.2) is 0 Å². The Morgan fingerprint density at radius 2 is 2.00 bits per heavy atom. The van der Waals surface area contributed by atoms with Crippen molar-refractivity contribution in [1.82, 2.24) is 10.2 Å². The number of halogens is 2. The van der Waals surface area contributed by atoms with E-state index in [1.807, 2.05) is 12.1 Å². The van der Waals surface area contributed by atoms with Gasteiger partial charge in [-0.2, -0.15) is 0 Å². The Labute approximate surface area is 130 Å². The molecule has 0 spiro atoms. The minimum atomic E-state index is -0.104. The number of morpholine rings is 1. The molecule has 1 aromatic rings. The Kier molecular flexibility index (Phi) is 7.92. The Hall–Kier alpha value is -0.810. The maximum absolute atomic E-state index is 11.9. The molecule has 0 bridgehead atoms. The number of nitrogens with zero attached hydrogens (tertiary/aromatic N) is 1. The second-order valence-electron chi connectivity index (χ2n) is 4.54. The molecule has 1 aliphatic rings. The van der Waals surface area contributed by atoms with Crippen molar-refractivity contribution >= 4 is 17.5 Å². The fourth-order valence-corrected chi connectivity index (χ4v) is 2.29. The lowest BCUT2D eigenvalue weighted by Crippen LogP contribution is -3.00. The third-order valence-electron chi connectivity index (χ3n) is 3.16. The summed E-state index contributed by atoms with van der Waals surface area (Å²) in [6, 6.07) is 7.09. The minimum absolute atomic E-state index is 0. The fraction of sp³-hybridized carbons (Fsp3) is 0.500. The highest BCUT2D eigenvalue weighted by Crippen LogP contribution is 2.14. The number of amides is 1. The van der Waals surface area contributed by atoms with E-state index in [1.54, 1.807) is 12.1 Å². The summed E-state index contributed by atoms with van der Waals surface area (Å²) in [6.07, 6.45) is 0.941. The molecule has 0 atom stereocenters. The molecular weight excluding hydrogens is 299 g/mol. The number of ether oxygens (including phenoxy) is 1. The number of rotatable bonds is 5. The van der Waals surface area contributed by atoms with E-state index in [2.05, 4.69) is 10.2 Å². The van der Waals surface area contributed by atoms with Crippen LogP contribution in [0.15, 0.2) is 24.3 Å². The predicted molar refractivity (Wildman–Crippen MR) is 75.7 cm³/mol. The summed E-state index contributed by atoms with van der Waals surface area (Å²) in [5, 5.41) is 3.39. The molecule has 6 heteroatoms. The maximum Gasteiger partial charge on any atom is 0.252 e. The molecule has 0 aliphatic carbocycles. The van der Waals surface area contributed by atoms with Crippen LogP contribution in [0.25, 0.3) is 0 Å². The molecule has 0 aromatic heterocycles. The second kappa shape index (κ2) is 9.19. The van der Waals surface area contributed by atoms with Gasteiger partial charge in [0.2, 0.25) is 0 Å². The maximum atomic E-state index is 11.9. The van der Waals surface area contributed by atoms with E-state index in [0.29, 0.717) is 17.1 Å². The number of carbonyl (C=O) groups excluding carboxylic acids is 1. The van der Waals surface area contributed by atoms with Gasteiger partial charge < -0.3 is 22.5 Å². The first-order valence-electron chi connectivity index (χ1n) is 6.60. The zero-order chi connectivity index (χ0) is 13.5. The summed E-state index contributed by atoms with van der Waals surface area (Å²) < 4.78 is 5.29. The molecule has 1 aliphatic heterocycles. The van der Waals surface area contributed by atoms with Gasteiger partial charge in [0.05, 0.1) is 23.8 Å². The van der Waals surface area contributed by atoms with Crippen LogP contribution in [0.3, 0.4) is 0 Å². The smallest absolute Gasteiger partial charge is 0.252 e. The molecule has 1 amide bonds. The van der Waals surface area contributed by atoms with Crippen molar-refractivity contribution in [3.63, 3.8) is 0 Å². The average Bonchev–Trinajstić information content (AvgIpc) is 2.45. The normalized spacial score (nSPS) is 15.4. The first-order chi connectivity index (χ1) is 9.27. The van der Waals surface area contributed by atoms with Crippen molar-refractivity contribution < 1.29 is 21.9 Å². The zero-order valence-corrected chi connectivity index (χ0v) is 12.8. The third-order valence-corrected chi connectivity index (χ3v) is 3.49. The summed E-state index contributed by atoms with van der Waals surface area (Å²) >= 11 is 5.97. The topological polar surface area (TPSA) is 41.6 Å². The van der Waals surface area contributed by atoms with Crippen molar-refractivity contribution in [3.8, 4) is 0 Å². The number of hydrogen-bond donors (Lipinski definition) is 1. The molecule has 4 nitrogen and oxygen atoms in total. The van der Waals surface area contributed by atoms with E-state index in [0.717, 1.165) is 39.3 Å². The Balaban J connectivity index is 0.00000200. The molecule has 0 radical (unpaired) electrons. The van der Waals surface area contributed by atoms with Gasteiger partial charge in [-0.15, -0.1) is 0 Å². The van der Waals surface area contributed by atoms with Gasteiger partial charge in [0, 0.05) is 19.6 Å². The zero-order valence-electron chi connectivity index (χ0n) is 11.3. The molecule has 1 saturated heterocycles. The van der Waals surface area contributed by atoms with Crippen LogP contribution >= 0.6 is 11.6 Å². The van der Waals surface area contributed by atoms with E-state index in [4.69, 9.17) is 16.3 Å². The summed E-state index contributed by atoms with van der Waals surface area (Å²) in [5.41, 5.74) is 0.538. The van der Waals surface area contributed by atoms with Crippen molar-refractivity contribution in [2.45, 2.75) is 6.42 Å². The van der Waals surface area contributed by atoms with Crippen molar-refractivity contribution in [2.75, 3.05) is 39.4 Å². The first kappa shape index (κ1) is 17.2. The lowest BCUT2D eigenvalue weighted by molar-refractivity contribution is -0.0000134. The lowest BCUT2D eigenvalue weighted by atomic mass is 10.2. The van der Waals surface area contributed by atoms with Gasteiger partial charge in [0.25, 0.3) is 5.91 Å². The van der Waals surface area contributed by atoms with Gasteiger partial charge in [-0.05, 0) is 25.1 Å². The molecule has 1 heterocycles. The largest absolute Gasteiger partial charge is 1.00 e. The Bertz CT molecular complexity index is 423. The number of carbonyl (C=O) groups is 1. The van der Waals surface area contributed by atoms with Crippen LogP contribution in [-0.2, 0) is 4.74 Å². The molecule has 1 N–H and O–H groups in total. The number of benzene rings is 1. The van der Waals surface area contributed by atoms with Gasteiger partial charge in [-0.25, -0.2) is 0 Å². The van der Waals surface area contributed by atoms with Crippen molar-refractivity contribution in [3.05, 3.63) is 34.9 Å². The molecule has 1 fully saturated rings. The van der Waals surface area contributed by atoms with E-state index in [9.17, 15) is 4.79 Å². The molecule has 112 valence electrons. The summed E-state index contributed by atoms with van der Waals surface area (Å²) in [4.78, 5) is 14.2. The van der Waals surface area contributed by atoms with Gasteiger partial charge in [-0.3, -0.25) is 9.69 Å². The summed E-state index contributed by atoms with van der Waals surface area (Å²) in [7, 11) is 0. The fourth-order valence-electron chi connectivity index (χ4n) is 2.07. The van der Waals surface area contributed by atoms with Crippen LogP contribution in [0, 0.1) is 0 Å². The standard InChI is InChI=1S/C14H19ClN2O2.ClH/c15-13-5-2-1-4-12(13)14(18)16-6-3-7-17-8-10-19-11-9-17;/h1-2,4-5H,3,6-11H2,(H,16,18);1H/p-1. The number of hydrogen-bond acceptors (Lipinski definition) is 3. The molecule has 20 heavy (non-hydrogen) atoms. The monoisotopic (exact) mass is 317 g/mol. The molecule has 0 saturated carbocycles. The minimum Gasteiger partial charge on any atom is -1.00 e. The summed E-state index contributed by atoms with van der Waals surface area (Å²) in [5.74, 6) is -0.104. The molecule has 2 rings (SSSR count). The average molecular weight is 318 g/mol. The quantitative estimate of drug-likeness (QED) is 0.693. The highest BCUT2D eigenvalue weighted by molar-refractivity contribution is 6.33. The SMILES string of the molecule is O=C(NCCCN1CCOCC1)c1ccccc1Cl.[Cl-]. The second-order valence-corrected chi connectivity index (χ2v) is 4.95. The van der Waals surface area contributed by atoms with Crippen LogP contribution in [0.2, 0.25) is 5.02 Å². The van der Waals surface area contributed by atoms with E-state index in [1.165, 1.54) is 0 Å². The van der Waals surface area contributed by atoms with E-state index < -0.39 is 0 Å². The molecule has 1 aromatic carbocycles. The lowest BCUT2D eigenvalue weighted by Gasteiger charge is -2.26. The predicted octanol–water partition coefficient (Wildman–Crippen LogP) is -1.20. The van der Waals surface area contributed by atoms with Gasteiger partial charge in [0.1, 0.15) is 0 Å². The van der Waals surface area contributed by atoms with Gasteiger partial charge >= 0.3 is 0 Å². The third kappa shape index (κ3) is 5.29. The highest BCUT2D eigenvalue weighted by atomic mass is 35.5. The van der Waals surface area contributed by atoms with Gasteiger partial charge in [-0.1, -0.05) is 23.7 Å². The van der Waals surface area contributed by atoms with Crippen molar-refractivity contribution in [1.29, 1.82) is 0 Å². The van der Waals surface area contributed by atoms with E-state index in [-0.39, 0.29) is 18.3 Å². The van der Waals surface area contributed by atoms with E-state index >= 15 is 0 Å². The van der Waals surface area contributed by atoms with Crippen LogP contribution in [0.5, 0.6) is 0 Å². The number of nitrogens with one attached hydrogen (secondary N) is 1.